The van der Waals surface area contributed by atoms with E-state index in [1.54, 1.807) is 16.8 Å². The average Bonchev–Trinajstić information content (AvgIpc) is 2.80. The molecule has 118 valence electrons. The second-order valence-corrected chi connectivity index (χ2v) is 7.18. The molecule has 0 saturated heterocycles. The molecule has 1 amide bonds. The molecule has 0 aliphatic rings. The molecule has 4 nitrogen and oxygen atoms in total. The van der Waals surface area contributed by atoms with Crippen LogP contribution in [0, 0.1) is 0 Å². The molecule has 0 aliphatic carbocycles. The Kier molecular flexibility index (Phi) is 5.32. The number of halogens is 2. The third-order valence-electron chi connectivity index (χ3n) is 3.20. The summed E-state index contributed by atoms with van der Waals surface area (Å²) in [7, 11) is 0. The van der Waals surface area contributed by atoms with E-state index in [1.165, 1.54) is 6.07 Å². The summed E-state index contributed by atoms with van der Waals surface area (Å²) in [6.07, 6.45) is 1.64. The highest BCUT2D eigenvalue weighted by atomic mass is 35.5. The summed E-state index contributed by atoms with van der Waals surface area (Å²) in [5.41, 5.74) is 1.22. The SMILES string of the molecule is CCn1cc(NC(=O)c2cc(Cl)c(Cl)s2)cc(C(C)C)c1=O. The van der Waals surface area contributed by atoms with Crippen LogP contribution in [-0.4, -0.2) is 10.5 Å². The molecule has 0 unspecified atom stereocenters. The van der Waals surface area contributed by atoms with E-state index < -0.39 is 0 Å². The third kappa shape index (κ3) is 3.54. The maximum atomic E-state index is 12.2. The Bertz CT molecular complexity index is 746. The number of rotatable bonds is 4. The van der Waals surface area contributed by atoms with Gasteiger partial charge in [0, 0.05) is 18.3 Å². The molecule has 2 rings (SSSR count). The highest BCUT2D eigenvalue weighted by molar-refractivity contribution is 7.18. The molecule has 22 heavy (non-hydrogen) atoms. The highest BCUT2D eigenvalue weighted by Gasteiger charge is 2.15. The summed E-state index contributed by atoms with van der Waals surface area (Å²) in [6, 6.07) is 3.25. The van der Waals surface area contributed by atoms with Gasteiger partial charge in [-0.3, -0.25) is 9.59 Å². The number of hydrogen-bond donors (Lipinski definition) is 1. The van der Waals surface area contributed by atoms with Crippen molar-refractivity contribution in [2.45, 2.75) is 33.2 Å². The van der Waals surface area contributed by atoms with E-state index in [0.29, 0.717) is 32.0 Å². The first kappa shape index (κ1) is 17.1. The van der Waals surface area contributed by atoms with Gasteiger partial charge in [0.25, 0.3) is 11.5 Å². The number of aryl methyl sites for hydroxylation is 1. The van der Waals surface area contributed by atoms with E-state index in [9.17, 15) is 9.59 Å². The molecule has 0 radical (unpaired) electrons. The third-order valence-corrected chi connectivity index (χ3v) is 5.07. The van der Waals surface area contributed by atoms with E-state index in [-0.39, 0.29) is 17.4 Å². The van der Waals surface area contributed by atoms with Gasteiger partial charge in [-0.1, -0.05) is 37.0 Å². The van der Waals surface area contributed by atoms with E-state index in [0.717, 1.165) is 11.3 Å². The predicted octanol–water partition coefficient (Wildman–Crippen LogP) is 4.61. The Morgan fingerprint density at radius 3 is 2.55 bits per heavy atom. The van der Waals surface area contributed by atoms with Gasteiger partial charge >= 0.3 is 0 Å². The number of thiophene rings is 1. The van der Waals surface area contributed by atoms with Gasteiger partial charge in [0.05, 0.1) is 15.6 Å². The van der Waals surface area contributed by atoms with Crippen molar-refractivity contribution < 1.29 is 4.79 Å². The molecule has 0 aliphatic heterocycles. The lowest BCUT2D eigenvalue weighted by atomic mass is 10.0. The molecule has 0 saturated carbocycles. The summed E-state index contributed by atoms with van der Waals surface area (Å²) >= 11 is 12.9. The minimum Gasteiger partial charge on any atom is -0.320 e. The Morgan fingerprint density at radius 2 is 2.05 bits per heavy atom. The van der Waals surface area contributed by atoms with E-state index >= 15 is 0 Å². The van der Waals surface area contributed by atoms with Crippen LogP contribution in [0.15, 0.2) is 23.1 Å². The molecule has 0 bridgehead atoms. The summed E-state index contributed by atoms with van der Waals surface area (Å²) in [4.78, 5) is 24.9. The quantitative estimate of drug-likeness (QED) is 0.867. The number of nitrogens with zero attached hydrogens (tertiary/aromatic N) is 1. The van der Waals surface area contributed by atoms with Crippen LogP contribution in [0.1, 0.15) is 41.9 Å². The van der Waals surface area contributed by atoms with Gasteiger partial charge in [0.1, 0.15) is 4.34 Å². The van der Waals surface area contributed by atoms with E-state index in [2.05, 4.69) is 5.32 Å². The van der Waals surface area contributed by atoms with Crippen molar-refractivity contribution >= 4 is 46.1 Å². The summed E-state index contributed by atoms with van der Waals surface area (Å²) < 4.78 is 1.97. The normalized spacial score (nSPS) is 11.0. The van der Waals surface area contributed by atoms with Crippen molar-refractivity contribution in [1.82, 2.24) is 4.57 Å². The summed E-state index contributed by atoms with van der Waals surface area (Å²) in [6.45, 7) is 6.32. The van der Waals surface area contributed by atoms with E-state index in [4.69, 9.17) is 23.2 Å². The number of hydrogen-bond acceptors (Lipinski definition) is 3. The number of nitrogens with one attached hydrogen (secondary N) is 1. The molecule has 0 aromatic carbocycles. The van der Waals surface area contributed by atoms with Crippen molar-refractivity contribution in [3.8, 4) is 0 Å². The van der Waals surface area contributed by atoms with E-state index in [1.807, 2.05) is 20.8 Å². The Balaban J connectivity index is 2.35. The van der Waals surface area contributed by atoms with Crippen LogP contribution in [0.25, 0.3) is 0 Å². The molecule has 7 heteroatoms. The number of carbonyl (C=O) groups excluding carboxylic acids is 1. The topological polar surface area (TPSA) is 51.1 Å². The van der Waals surface area contributed by atoms with Crippen LogP contribution in [0.3, 0.4) is 0 Å². The van der Waals surface area contributed by atoms with Gasteiger partial charge < -0.3 is 9.88 Å². The molecule has 0 spiro atoms. The number of pyridine rings is 1. The van der Waals surface area contributed by atoms with Gasteiger partial charge in [-0.2, -0.15) is 0 Å². The largest absolute Gasteiger partial charge is 0.320 e. The van der Waals surface area contributed by atoms with Crippen LogP contribution in [-0.2, 0) is 6.54 Å². The monoisotopic (exact) mass is 358 g/mol. The maximum absolute atomic E-state index is 12.2. The maximum Gasteiger partial charge on any atom is 0.265 e. The summed E-state index contributed by atoms with van der Waals surface area (Å²) in [5, 5.41) is 3.15. The zero-order valence-corrected chi connectivity index (χ0v) is 14.8. The summed E-state index contributed by atoms with van der Waals surface area (Å²) in [5.74, 6) is -0.220. The van der Waals surface area contributed by atoms with Crippen molar-refractivity contribution in [2.24, 2.45) is 0 Å². The van der Waals surface area contributed by atoms with Crippen LogP contribution in [0.2, 0.25) is 9.36 Å². The predicted molar refractivity (Wildman–Crippen MR) is 92.8 cm³/mol. The number of anilines is 1. The molecule has 2 heterocycles. The smallest absolute Gasteiger partial charge is 0.265 e. The standard InChI is InChI=1S/C15H16Cl2N2O2S/c1-4-19-7-9(5-10(8(2)3)15(19)21)18-14(20)12-6-11(16)13(17)22-12/h5-8H,4H2,1-3H3,(H,18,20). The van der Waals surface area contributed by atoms with Crippen LogP contribution >= 0.6 is 34.5 Å². The Hall–Kier alpha value is -1.30. The zero-order valence-electron chi connectivity index (χ0n) is 12.4. The number of carbonyl (C=O) groups is 1. The fourth-order valence-corrected chi connectivity index (χ4v) is 3.29. The van der Waals surface area contributed by atoms with Crippen LogP contribution in [0.4, 0.5) is 5.69 Å². The van der Waals surface area contributed by atoms with Crippen molar-refractivity contribution in [2.75, 3.05) is 5.32 Å². The first-order valence-corrected chi connectivity index (χ1v) is 8.41. The average molecular weight is 359 g/mol. The molecular formula is C15H16Cl2N2O2S. The fourth-order valence-electron chi connectivity index (χ4n) is 2.03. The van der Waals surface area contributed by atoms with Crippen molar-refractivity contribution in [3.63, 3.8) is 0 Å². The van der Waals surface area contributed by atoms with Crippen LogP contribution < -0.4 is 10.9 Å². The number of amides is 1. The molecule has 0 fully saturated rings. The Morgan fingerprint density at radius 1 is 1.36 bits per heavy atom. The molecule has 1 N–H and O–H groups in total. The second kappa shape index (κ2) is 6.86. The number of aromatic nitrogens is 1. The molecule has 2 aromatic heterocycles. The van der Waals surface area contributed by atoms with Gasteiger partial charge in [-0.25, -0.2) is 0 Å². The molecular weight excluding hydrogens is 343 g/mol. The lowest BCUT2D eigenvalue weighted by Crippen LogP contribution is -2.24. The molecule has 0 atom stereocenters. The van der Waals surface area contributed by atoms with Gasteiger partial charge in [0.15, 0.2) is 0 Å². The van der Waals surface area contributed by atoms with Crippen molar-refractivity contribution in [1.29, 1.82) is 0 Å². The van der Waals surface area contributed by atoms with Crippen LogP contribution in [0.5, 0.6) is 0 Å². The lowest BCUT2D eigenvalue weighted by molar-refractivity contribution is 0.103. The zero-order chi connectivity index (χ0) is 16.4. The Labute approximate surface area is 142 Å². The van der Waals surface area contributed by atoms with Gasteiger partial charge in [-0.15, -0.1) is 11.3 Å². The lowest BCUT2D eigenvalue weighted by Gasteiger charge is -2.12. The second-order valence-electron chi connectivity index (χ2n) is 5.12. The van der Waals surface area contributed by atoms with Crippen molar-refractivity contribution in [3.05, 3.63) is 48.5 Å². The highest BCUT2D eigenvalue weighted by Crippen LogP contribution is 2.32. The first-order chi connectivity index (χ1) is 10.3. The minimum absolute atomic E-state index is 0.0299. The minimum atomic E-state index is -0.296. The fraction of sp³-hybridized carbons (Fsp3) is 0.333. The van der Waals surface area contributed by atoms with Gasteiger partial charge in [0.2, 0.25) is 0 Å². The first-order valence-electron chi connectivity index (χ1n) is 6.84. The van der Waals surface area contributed by atoms with Gasteiger partial charge in [-0.05, 0) is 25.0 Å². The molecule has 2 aromatic rings.